The van der Waals surface area contributed by atoms with E-state index < -0.39 is 0 Å². The highest BCUT2D eigenvalue weighted by Crippen LogP contribution is 2.23. The van der Waals surface area contributed by atoms with Crippen LogP contribution in [-0.4, -0.2) is 4.98 Å². The van der Waals surface area contributed by atoms with E-state index in [0.717, 1.165) is 5.69 Å². The molecule has 17 heavy (non-hydrogen) atoms. The Kier molecular flexibility index (Phi) is 2.97. The molecule has 2 nitrogen and oxygen atoms in total. The van der Waals surface area contributed by atoms with Gasteiger partial charge in [0.15, 0.2) is 6.20 Å². The fraction of sp³-hybridized carbons (Fsp3) is 0.333. The fourth-order valence-corrected chi connectivity index (χ4v) is 2.21. The van der Waals surface area contributed by atoms with Crippen molar-refractivity contribution in [3.8, 4) is 11.3 Å². The highest BCUT2D eigenvalue weighted by atomic mass is 14.9. The Morgan fingerprint density at radius 2 is 1.71 bits per heavy atom. The first-order valence-electron chi connectivity index (χ1n) is 5.90. The van der Waals surface area contributed by atoms with E-state index in [9.17, 15) is 0 Å². The van der Waals surface area contributed by atoms with Crippen LogP contribution in [0.3, 0.4) is 0 Å². The quantitative estimate of drug-likeness (QED) is 0.685. The van der Waals surface area contributed by atoms with Crippen LogP contribution in [0.4, 0.5) is 0 Å². The third-order valence-electron chi connectivity index (χ3n) is 3.35. The number of pyridine rings is 2. The zero-order valence-corrected chi connectivity index (χ0v) is 11.2. The lowest BCUT2D eigenvalue weighted by molar-refractivity contribution is -0.660. The van der Waals surface area contributed by atoms with E-state index in [1.807, 2.05) is 6.20 Å². The SMILES string of the molecule is Cc1cc(-c2c(C)ccnc2C)[n+](C)cc1C. The van der Waals surface area contributed by atoms with Gasteiger partial charge in [0.1, 0.15) is 7.05 Å². The summed E-state index contributed by atoms with van der Waals surface area (Å²) in [6.07, 6.45) is 4.05. The molecule has 0 saturated carbocycles. The summed E-state index contributed by atoms with van der Waals surface area (Å²) in [5, 5.41) is 0. The summed E-state index contributed by atoms with van der Waals surface area (Å²) in [5.74, 6) is 0. The molecule has 88 valence electrons. The molecule has 2 heteroatoms. The second-order valence-electron chi connectivity index (χ2n) is 4.72. The summed E-state index contributed by atoms with van der Waals surface area (Å²) in [4.78, 5) is 4.40. The Morgan fingerprint density at radius 1 is 1.00 bits per heavy atom. The van der Waals surface area contributed by atoms with Gasteiger partial charge in [0.2, 0.25) is 5.69 Å². The molecule has 0 saturated heterocycles. The minimum absolute atomic E-state index is 1.09. The van der Waals surface area contributed by atoms with E-state index in [-0.39, 0.29) is 0 Å². The van der Waals surface area contributed by atoms with Crippen LogP contribution in [0.25, 0.3) is 11.3 Å². The second kappa shape index (κ2) is 4.28. The van der Waals surface area contributed by atoms with E-state index in [2.05, 4.69) is 62.6 Å². The van der Waals surface area contributed by atoms with Gasteiger partial charge in [-0.2, -0.15) is 0 Å². The maximum absolute atomic E-state index is 4.40. The van der Waals surface area contributed by atoms with Gasteiger partial charge in [-0.25, -0.2) is 4.57 Å². The van der Waals surface area contributed by atoms with Crippen molar-refractivity contribution >= 4 is 0 Å². The van der Waals surface area contributed by atoms with Crippen LogP contribution in [0.15, 0.2) is 24.5 Å². The summed E-state index contributed by atoms with van der Waals surface area (Å²) in [7, 11) is 2.09. The Hall–Kier alpha value is -1.70. The van der Waals surface area contributed by atoms with E-state index in [0.29, 0.717) is 0 Å². The average Bonchev–Trinajstić information content (AvgIpc) is 2.25. The molecule has 0 aliphatic rings. The molecule has 0 N–H and O–H groups in total. The minimum atomic E-state index is 1.09. The Morgan fingerprint density at radius 3 is 2.35 bits per heavy atom. The van der Waals surface area contributed by atoms with Crippen molar-refractivity contribution in [2.45, 2.75) is 27.7 Å². The van der Waals surface area contributed by atoms with Gasteiger partial charge in [-0.05, 0) is 44.9 Å². The first kappa shape index (κ1) is 11.8. The first-order valence-corrected chi connectivity index (χ1v) is 5.90. The lowest BCUT2D eigenvalue weighted by Gasteiger charge is -2.08. The van der Waals surface area contributed by atoms with Crippen molar-refractivity contribution < 1.29 is 4.57 Å². The molecule has 2 aromatic heterocycles. The first-order chi connectivity index (χ1) is 8.00. The van der Waals surface area contributed by atoms with Gasteiger partial charge in [0.05, 0.1) is 11.3 Å². The predicted molar refractivity (Wildman–Crippen MR) is 69.8 cm³/mol. The van der Waals surface area contributed by atoms with Crippen LogP contribution >= 0.6 is 0 Å². The summed E-state index contributed by atoms with van der Waals surface area (Å²) < 4.78 is 2.18. The van der Waals surface area contributed by atoms with Crippen LogP contribution in [0.2, 0.25) is 0 Å². The molecule has 0 aliphatic carbocycles. The Bertz CT molecular complexity index is 551. The lowest BCUT2D eigenvalue weighted by Crippen LogP contribution is -2.32. The smallest absolute Gasteiger partial charge is 0.214 e. The van der Waals surface area contributed by atoms with Crippen molar-refractivity contribution in [1.82, 2.24) is 4.98 Å². The average molecular weight is 227 g/mol. The van der Waals surface area contributed by atoms with Gasteiger partial charge in [0, 0.05) is 17.8 Å². The van der Waals surface area contributed by atoms with Crippen molar-refractivity contribution in [1.29, 1.82) is 0 Å². The number of hydrogen-bond acceptors (Lipinski definition) is 1. The van der Waals surface area contributed by atoms with Gasteiger partial charge in [0.25, 0.3) is 0 Å². The monoisotopic (exact) mass is 227 g/mol. The van der Waals surface area contributed by atoms with Crippen LogP contribution < -0.4 is 4.57 Å². The maximum Gasteiger partial charge on any atom is 0.214 e. The highest BCUT2D eigenvalue weighted by molar-refractivity contribution is 5.64. The van der Waals surface area contributed by atoms with Gasteiger partial charge in [-0.1, -0.05) is 0 Å². The molecule has 0 aromatic carbocycles. The molecule has 0 radical (unpaired) electrons. The van der Waals surface area contributed by atoms with E-state index in [1.54, 1.807) is 0 Å². The minimum Gasteiger partial charge on any atom is -0.261 e. The number of rotatable bonds is 1. The van der Waals surface area contributed by atoms with Crippen molar-refractivity contribution in [3.63, 3.8) is 0 Å². The molecule has 2 heterocycles. The molecule has 0 bridgehead atoms. The van der Waals surface area contributed by atoms with Crippen LogP contribution in [0, 0.1) is 27.7 Å². The summed E-state index contributed by atoms with van der Waals surface area (Å²) in [6, 6.07) is 4.31. The number of aromatic nitrogens is 2. The van der Waals surface area contributed by atoms with Gasteiger partial charge in [-0.15, -0.1) is 0 Å². The predicted octanol–water partition coefficient (Wildman–Crippen LogP) is 2.81. The topological polar surface area (TPSA) is 16.8 Å². The zero-order valence-electron chi connectivity index (χ0n) is 11.2. The fourth-order valence-electron chi connectivity index (χ4n) is 2.21. The van der Waals surface area contributed by atoms with Gasteiger partial charge >= 0.3 is 0 Å². The highest BCUT2D eigenvalue weighted by Gasteiger charge is 2.16. The van der Waals surface area contributed by atoms with Crippen molar-refractivity contribution in [2.75, 3.05) is 0 Å². The van der Waals surface area contributed by atoms with E-state index >= 15 is 0 Å². The van der Waals surface area contributed by atoms with Gasteiger partial charge in [-0.3, -0.25) is 4.98 Å². The number of hydrogen-bond donors (Lipinski definition) is 0. The zero-order chi connectivity index (χ0) is 12.6. The molecule has 0 fully saturated rings. The van der Waals surface area contributed by atoms with E-state index in [1.165, 1.54) is 27.9 Å². The third kappa shape index (κ3) is 2.07. The largest absolute Gasteiger partial charge is 0.261 e. The Balaban J connectivity index is 2.73. The molecule has 2 aromatic rings. The van der Waals surface area contributed by atoms with E-state index in [4.69, 9.17) is 0 Å². The second-order valence-corrected chi connectivity index (χ2v) is 4.72. The normalized spacial score (nSPS) is 10.6. The summed E-state index contributed by atoms with van der Waals surface area (Å²) >= 11 is 0. The van der Waals surface area contributed by atoms with Crippen LogP contribution in [-0.2, 0) is 7.05 Å². The molecule has 0 amide bonds. The van der Waals surface area contributed by atoms with Crippen LogP contribution in [0.5, 0.6) is 0 Å². The molecular weight excluding hydrogens is 208 g/mol. The lowest BCUT2D eigenvalue weighted by atomic mass is 10.0. The molecular formula is C15H19N2+. The standard InChI is InChI=1S/C15H19N2/c1-10-6-7-16-13(4)15(10)14-8-11(2)12(3)9-17(14)5/h6-9H,1-5H3/q+1. The number of nitrogens with zero attached hydrogens (tertiary/aromatic N) is 2. The van der Waals surface area contributed by atoms with Crippen LogP contribution in [0.1, 0.15) is 22.4 Å². The maximum atomic E-state index is 4.40. The number of aryl methyl sites for hydroxylation is 5. The molecule has 0 aliphatic heterocycles. The molecule has 2 rings (SSSR count). The van der Waals surface area contributed by atoms with Crippen molar-refractivity contribution in [3.05, 3.63) is 46.9 Å². The summed E-state index contributed by atoms with van der Waals surface area (Å²) in [5.41, 5.74) is 7.48. The van der Waals surface area contributed by atoms with Gasteiger partial charge < -0.3 is 0 Å². The molecule has 0 spiro atoms. The summed E-state index contributed by atoms with van der Waals surface area (Å²) in [6.45, 7) is 8.50. The Labute approximate surface area is 103 Å². The van der Waals surface area contributed by atoms with Crippen molar-refractivity contribution in [2.24, 2.45) is 7.05 Å². The third-order valence-corrected chi connectivity index (χ3v) is 3.35. The molecule has 0 unspecified atom stereocenters. The molecule has 0 atom stereocenters.